The van der Waals surface area contributed by atoms with Crippen molar-refractivity contribution in [3.8, 4) is 0 Å². The van der Waals surface area contributed by atoms with Crippen LogP contribution in [-0.4, -0.2) is 68.2 Å². The number of esters is 3. The van der Waals surface area contributed by atoms with Crippen molar-refractivity contribution in [2.45, 2.75) is 64.3 Å². The van der Waals surface area contributed by atoms with Crippen molar-refractivity contribution in [3.05, 3.63) is 0 Å². The molecule has 25 heavy (non-hydrogen) atoms. The van der Waals surface area contributed by atoms with Gasteiger partial charge in [-0.15, -0.1) is 0 Å². The van der Waals surface area contributed by atoms with Crippen molar-refractivity contribution in [3.63, 3.8) is 0 Å². The van der Waals surface area contributed by atoms with Crippen molar-refractivity contribution in [1.82, 2.24) is 0 Å². The van der Waals surface area contributed by atoms with E-state index in [1.54, 1.807) is 0 Å². The largest absolute Gasteiger partial charge is 0.463 e. The molecule has 10 nitrogen and oxygen atoms in total. The van der Waals surface area contributed by atoms with Crippen molar-refractivity contribution in [1.29, 1.82) is 0 Å². The van der Waals surface area contributed by atoms with E-state index in [-0.39, 0.29) is 0 Å². The first-order chi connectivity index (χ1) is 13.5. The van der Waals surface area contributed by atoms with Gasteiger partial charge in [0, 0.05) is 34.8 Å². The molecule has 2 aliphatic rings. The maximum absolute atomic E-state index is 11.8. The summed E-state index contributed by atoms with van der Waals surface area (Å²) >= 11 is 0. The van der Waals surface area contributed by atoms with Crippen molar-refractivity contribution >= 4 is 17.9 Å². The van der Waals surface area contributed by atoms with Crippen LogP contribution in [0, 0.1) is 0 Å². The molecule has 6 unspecified atom stereocenters. The zero-order valence-corrected chi connectivity index (χ0v) is 14.2. The Morgan fingerprint density at radius 2 is 1.68 bits per heavy atom. The average molecular weight is 367 g/mol. The SMILES string of the molecule is [2H]C([2H])(OC(C)=O)C1OC2OC(C)(OC)OC2([2H])C([2H])(OC(C)=O)C1([2H])OC(C)=O. The first-order valence-corrected chi connectivity index (χ1v) is 7.13. The van der Waals surface area contributed by atoms with Crippen molar-refractivity contribution in [2.24, 2.45) is 0 Å². The summed E-state index contributed by atoms with van der Waals surface area (Å²) < 4.78 is 77.3. The molecule has 0 aliphatic carbocycles. The lowest BCUT2D eigenvalue weighted by Crippen LogP contribution is -2.60. The van der Waals surface area contributed by atoms with Gasteiger partial charge < -0.3 is 28.4 Å². The predicted molar refractivity (Wildman–Crippen MR) is 77.8 cm³/mol. The Morgan fingerprint density at radius 1 is 1.08 bits per heavy atom. The average Bonchev–Trinajstić information content (AvgIpc) is 2.81. The monoisotopic (exact) mass is 367 g/mol. The maximum atomic E-state index is 11.8. The molecule has 2 saturated heterocycles. The van der Waals surface area contributed by atoms with E-state index in [1.165, 1.54) is 6.92 Å². The number of rotatable bonds is 5. The molecule has 2 aliphatic heterocycles. The minimum absolute atomic E-state index is 0.830. The highest BCUT2D eigenvalue weighted by Crippen LogP contribution is 2.39. The number of hydrogen-bond donors (Lipinski definition) is 0. The van der Waals surface area contributed by atoms with Crippen LogP contribution in [0.15, 0.2) is 0 Å². The number of carbonyl (C=O) groups is 3. The Labute approximate surface area is 151 Å². The number of ether oxygens (including phenoxy) is 7. The molecule has 10 heteroatoms. The Bertz CT molecular complexity index is 751. The third-order valence-electron chi connectivity index (χ3n) is 2.96. The molecule has 142 valence electrons. The molecule has 0 N–H and O–H groups in total. The molecule has 0 aromatic carbocycles. The summed E-state index contributed by atoms with van der Waals surface area (Å²) in [6, 6.07) is 0. The van der Waals surface area contributed by atoms with Gasteiger partial charge in [-0.3, -0.25) is 19.1 Å². The molecule has 6 atom stereocenters. The summed E-state index contributed by atoms with van der Waals surface area (Å²) in [6.45, 7) is 0.513. The molecule has 2 rings (SSSR count). The number of hydrogen-bond acceptors (Lipinski definition) is 10. The first-order valence-electron chi connectivity index (χ1n) is 9.63. The van der Waals surface area contributed by atoms with Crippen LogP contribution in [0.3, 0.4) is 0 Å². The number of methoxy groups -OCH3 is 1. The van der Waals surface area contributed by atoms with Gasteiger partial charge in [0.05, 0.1) is 6.85 Å². The number of carbonyl (C=O) groups excluding carboxylic acids is 3. The predicted octanol–water partition coefficient (Wildman–Crippen LogP) is -0.127. The Hall–Kier alpha value is -1.75. The van der Waals surface area contributed by atoms with Crippen LogP contribution in [0.1, 0.15) is 34.5 Å². The standard InChI is InChI=1S/C15H22O10/c1-7(16)20-6-10-11(21-8(2)17)12(22-9(3)18)13-14(23-10)25-15(4,19-5)24-13/h10-14H,6H2,1-5H3/i6D2,11D,12D,13D. The van der Waals surface area contributed by atoms with E-state index in [9.17, 15) is 14.4 Å². The summed E-state index contributed by atoms with van der Waals surface area (Å²) in [6.07, 6.45) is -13.9. The minimum atomic E-state index is -3.30. The van der Waals surface area contributed by atoms with Crippen LogP contribution in [0.4, 0.5) is 0 Å². The van der Waals surface area contributed by atoms with Gasteiger partial charge in [-0.1, -0.05) is 0 Å². The Kier molecular flexibility index (Phi) is 4.11. The molecule has 0 aromatic heterocycles. The molecular formula is C15H22O10. The van der Waals surface area contributed by atoms with E-state index < -0.39 is 61.1 Å². The molecule has 0 amide bonds. The lowest BCUT2D eigenvalue weighted by atomic mass is 9.98. The van der Waals surface area contributed by atoms with Gasteiger partial charge in [-0.2, -0.15) is 0 Å². The van der Waals surface area contributed by atoms with Gasteiger partial charge in [-0.05, 0) is 0 Å². The molecule has 0 saturated carbocycles. The maximum Gasteiger partial charge on any atom is 0.303 e. The topological polar surface area (TPSA) is 116 Å². The summed E-state index contributed by atoms with van der Waals surface area (Å²) in [7, 11) is 1.12. The lowest BCUT2D eigenvalue weighted by Gasteiger charge is -2.40. The van der Waals surface area contributed by atoms with Crippen molar-refractivity contribution < 1.29 is 54.4 Å². The quantitative estimate of drug-likeness (QED) is 0.481. The van der Waals surface area contributed by atoms with E-state index in [1.807, 2.05) is 0 Å². The zero-order chi connectivity index (χ0) is 23.3. The fraction of sp³-hybridized carbons (Fsp3) is 0.800. The van der Waals surface area contributed by atoms with Gasteiger partial charge in [-0.25, -0.2) is 0 Å². The van der Waals surface area contributed by atoms with Crippen LogP contribution in [0.25, 0.3) is 0 Å². The molecular weight excluding hydrogens is 340 g/mol. The van der Waals surface area contributed by atoms with E-state index >= 15 is 0 Å². The summed E-state index contributed by atoms with van der Waals surface area (Å²) in [4.78, 5) is 34.9. The van der Waals surface area contributed by atoms with Gasteiger partial charge in [0.25, 0.3) is 5.97 Å². The van der Waals surface area contributed by atoms with Gasteiger partial charge >= 0.3 is 17.9 Å². The molecule has 0 bridgehead atoms. The third-order valence-corrected chi connectivity index (χ3v) is 2.96. The van der Waals surface area contributed by atoms with Gasteiger partial charge in [0.1, 0.15) is 12.7 Å². The minimum Gasteiger partial charge on any atom is -0.463 e. The van der Waals surface area contributed by atoms with Gasteiger partial charge in [0.2, 0.25) is 0 Å². The van der Waals surface area contributed by atoms with E-state index in [4.69, 9.17) is 35.3 Å². The molecule has 2 fully saturated rings. The summed E-state index contributed by atoms with van der Waals surface area (Å²) in [5, 5.41) is 0. The summed E-state index contributed by atoms with van der Waals surface area (Å²) in [5.41, 5.74) is 0. The van der Waals surface area contributed by atoms with Crippen LogP contribution in [0.5, 0.6) is 0 Å². The smallest absolute Gasteiger partial charge is 0.303 e. The second kappa shape index (κ2) is 7.65. The highest BCUT2D eigenvalue weighted by atomic mass is 16.9. The fourth-order valence-corrected chi connectivity index (χ4v) is 2.00. The third kappa shape index (κ3) is 4.66. The van der Waals surface area contributed by atoms with Crippen LogP contribution < -0.4 is 0 Å². The van der Waals surface area contributed by atoms with Crippen molar-refractivity contribution in [2.75, 3.05) is 13.7 Å². The highest BCUT2D eigenvalue weighted by molar-refractivity contribution is 5.67. The molecule has 0 spiro atoms. The number of fused-ring (bicyclic) bond motifs is 1. The Balaban J connectivity index is 2.76. The molecule has 0 aromatic rings. The van der Waals surface area contributed by atoms with Crippen LogP contribution in [-0.2, 0) is 47.5 Å². The molecule has 2 heterocycles. The fourth-order valence-electron chi connectivity index (χ4n) is 2.00. The highest BCUT2D eigenvalue weighted by Gasteiger charge is 2.59. The Morgan fingerprint density at radius 3 is 2.20 bits per heavy atom. The van der Waals surface area contributed by atoms with E-state index in [2.05, 4.69) is 4.74 Å². The van der Waals surface area contributed by atoms with Crippen LogP contribution in [0.2, 0.25) is 0 Å². The van der Waals surface area contributed by atoms with E-state index in [0.29, 0.717) is 0 Å². The summed E-state index contributed by atoms with van der Waals surface area (Å²) in [5.74, 6) is -5.58. The second-order valence-electron chi connectivity index (χ2n) is 5.09. The zero-order valence-electron chi connectivity index (χ0n) is 19.2. The van der Waals surface area contributed by atoms with Gasteiger partial charge in [0.15, 0.2) is 24.5 Å². The molecule has 0 radical (unpaired) electrons. The first kappa shape index (κ1) is 13.5. The van der Waals surface area contributed by atoms with Crippen LogP contribution >= 0.6 is 0 Å². The second-order valence-corrected chi connectivity index (χ2v) is 5.09. The van der Waals surface area contributed by atoms with E-state index in [0.717, 1.165) is 27.9 Å². The normalized spacial score (nSPS) is 49.4. The lowest BCUT2D eigenvalue weighted by molar-refractivity contribution is -0.334.